The molecule has 0 radical (unpaired) electrons. The van der Waals surface area contributed by atoms with E-state index in [4.69, 9.17) is 15.2 Å². The summed E-state index contributed by atoms with van der Waals surface area (Å²) in [7, 11) is 3.10. The second-order valence-corrected chi connectivity index (χ2v) is 5.77. The average molecular weight is 292 g/mol. The second-order valence-electron chi connectivity index (χ2n) is 5.77. The summed E-state index contributed by atoms with van der Waals surface area (Å²) in [5.41, 5.74) is 6.92. The lowest BCUT2D eigenvalue weighted by atomic mass is 9.92. The van der Waals surface area contributed by atoms with Crippen LogP contribution in [0.2, 0.25) is 0 Å². The molecule has 1 aromatic carbocycles. The molecule has 1 amide bonds. The van der Waals surface area contributed by atoms with E-state index in [1.54, 1.807) is 26.4 Å². The molecule has 1 aliphatic rings. The van der Waals surface area contributed by atoms with Crippen LogP contribution in [0, 0.1) is 5.92 Å². The maximum absolute atomic E-state index is 12.8. The summed E-state index contributed by atoms with van der Waals surface area (Å²) < 4.78 is 10.5. The second kappa shape index (κ2) is 6.24. The molecule has 5 heteroatoms. The Morgan fingerprint density at radius 2 is 1.86 bits per heavy atom. The number of nitrogens with zero attached hydrogens (tertiary/aromatic N) is 1. The number of carbonyl (C=O) groups excluding carboxylic acids is 1. The number of hydrogen-bond acceptors (Lipinski definition) is 4. The van der Waals surface area contributed by atoms with E-state index >= 15 is 0 Å². The van der Waals surface area contributed by atoms with Gasteiger partial charge in [-0.2, -0.15) is 0 Å². The van der Waals surface area contributed by atoms with Crippen molar-refractivity contribution >= 4 is 11.6 Å². The van der Waals surface area contributed by atoms with E-state index in [2.05, 4.69) is 13.8 Å². The number of carbonyl (C=O) groups is 1. The fourth-order valence-electron chi connectivity index (χ4n) is 2.94. The van der Waals surface area contributed by atoms with Crippen molar-refractivity contribution in [2.75, 3.05) is 26.5 Å². The molecule has 1 heterocycles. The van der Waals surface area contributed by atoms with Gasteiger partial charge in [0, 0.05) is 24.3 Å². The Kier molecular flexibility index (Phi) is 4.60. The van der Waals surface area contributed by atoms with E-state index < -0.39 is 0 Å². The molecule has 116 valence electrons. The summed E-state index contributed by atoms with van der Waals surface area (Å²) >= 11 is 0. The van der Waals surface area contributed by atoms with Gasteiger partial charge < -0.3 is 20.1 Å². The largest absolute Gasteiger partial charge is 0.493 e. The Morgan fingerprint density at radius 3 is 2.43 bits per heavy atom. The average Bonchev–Trinajstić information content (AvgIpc) is 2.46. The van der Waals surface area contributed by atoms with Gasteiger partial charge in [0.2, 0.25) is 0 Å². The van der Waals surface area contributed by atoms with Crippen molar-refractivity contribution in [3.05, 3.63) is 17.7 Å². The lowest BCUT2D eigenvalue weighted by molar-refractivity contribution is 0.0589. The van der Waals surface area contributed by atoms with Gasteiger partial charge in [-0.25, -0.2) is 0 Å². The van der Waals surface area contributed by atoms with Gasteiger partial charge >= 0.3 is 0 Å². The van der Waals surface area contributed by atoms with Gasteiger partial charge in [0.15, 0.2) is 11.5 Å². The van der Waals surface area contributed by atoms with Crippen molar-refractivity contribution in [1.29, 1.82) is 0 Å². The number of hydrogen-bond donors (Lipinski definition) is 1. The summed E-state index contributed by atoms with van der Waals surface area (Å²) in [6, 6.07) is 3.54. The minimum Gasteiger partial charge on any atom is -0.493 e. The first-order chi connectivity index (χ1) is 9.97. The summed E-state index contributed by atoms with van der Waals surface area (Å²) in [4.78, 5) is 14.7. The molecular formula is C16H24N2O3. The number of methoxy groups -OCH3 is 2. The molecule has 5 nitrogen and oxygen atoms in total. The highest BCUT2D eigenvalue weighted by atomic mass is 16.5. The summed E-state index contributed by atoms with van der Waals surface area (Å²) in [5.74, 6) is 1.68. The molecule has 0 aromatic heterocycles. The monoisotopic (exact) mass is 292 g/mol. The summed E-state index contributed by atoms with van der Waals surface area (Å²) in [6.07, 6.45) is 2.06. The molecule has 0 bridgehead atoms. The molecule has 1 aromatic rings. The highest BCUT2D eigenvalue weighted by Crippen LogP contribution is 2.33. The molecule has 2 unspecified atom stereocenters. The SMILES string of the molecule is COc1cc(N)c(C(=O)N2CCC(C)CC2C)cc1OC. The number of rotatable bonds is 3. The van der Waals surface area contributed by atoms with Gasteiger partial charge in [-0.05, 0) is 31.7 Å². The lowest BCUT2D eigenvalue weighted by Gasteiger charge is -2.36. The van der Waals surface area contributed by atoms with Gasteiger partial charge in [-0.1, -0.05) is 6.92 Å². The van der Waals surface area contributed by atoms with E-state index in [9.17, 15) is 4.79 Å². The Hall–Kier alpha value is -1.91. The van der Waals surface area contributed by atoms with Crippen LogP contribution in [0.3, 0.4) is 0 Å². The van der Waals surface area contributed by atoms with Crippen LogP contribution in [0.5, 0.6) is 11.5 Å². The van der Waals surface area contributed by atoms with Crippen molar-refractivity contribution in [2.24, 2.45) is 5.92 Å². The summed E-state index contributed by atoms with van der Waals surface area (Å²) in [6.45, 7) is 5.09. The predicted molar refractivity (Wildman–Crippen MR) is 82.9 cm³/mol. The van der Waals surface area contributed by atoms with Crippen LogP contribution in [-0.4, -0.2) is 37.6 Å². The minimum absolute atomic E-state index is 0.0344. The zero-order chi connectivity index (χ0) is 15.6. The molecular weight excluding hydrogens is 268 g/mol. The Bertz CT molecular complexity index is 530. The quantitative estimate of drug-likeness (QED) is 0.870. The van der Waals surface area contributed by atoms with Crippen molar-refractivity contribution in [2.45, 2.75) is 32.7 Å². The van der Waals surface area contributed by atoms with Gasteiger partial charge in [0.1, 0.15) is 0 Å². The van der Waals surface area contributed by atoms with E-state index in [0.717, 1.165) is 19.4 Å². The van der Waals surface area contributed by atoms with Crippen LogP contribution < -0.4 is 15.2 Å². The normalized spacial score (nSPS) is 22.0. The molecule has 0 spiro atoms. The van der Waals surface area contributed by atoms with Crippen molar-refractivity contribution in [1.82, 2.24) is 4.90 Å². The van der Waals surface area contributed by atoms with Crippen molar-refractivity contribution in [3.63, 3.8) is 0 Å². The third-order valence-corrected chi connectivity index (χ3v) is 4.19. The topological polar surface area (TPSA) is 64.8 Å². The van der Waals surface area contributed by atoms with E-state index in [0.29, 0.717) is 28.7 Å². The number of ether oxygens (including phenoxy) is 2. The van der Waals surface area contributed by atoms with Gasteiger partial charge in [-0.15, -0.1) is 0 Å². The molecule has 2 N–H and O–H groups in total. The standard InChI is InChI=1S/C16H24N2O3/c1-10-5-6-18(11(2)7-10)16(19)12-8-14(20-3)15(21-4)9-13(12)17/h8-11H,5-7,17H2,1-4H3. The highest BCUT2D eigenvalue weighted by molar-refractivity contribution is 6.00. The molecule has 0 aliphatic carbocycles. The highest BCUT2D eigenvalue weighted by Gasteiger charge is 2.29. The van der Waals surface area contributed by atoms with E-state index in [1.807, 2.05) is 4.90 Å². The fraction of sp³-hybridized carbons (Fsp3) is 0.562. The maximum atomic E-state index is 12.8. The predicted octanol–water partition coefficient (Wildman–Crippen LogP) is 2.55. The third kappa shape index (κ3) is 3.06. The van der Waals surface area contributed by atoms with Crippen LogP contribution in [0.1, 0.15) is 37.0 Å². The summed E-state index contributed by atoms with van der Waals surface area (Å²) in [5, 5.41) is 0. The van der Waals surface area contributed by atoms with Crippen molar-refractivity contribution < 1.29 is 14.3 Å². The van der Waals surface area contributed by atoms with E-state index in [-0.39, 0.29) is 11.9 Å². The lowest BCUT2D eigenvalue weighted by Crippen LogP contribution is -2.44. The first-order valence-corrected chi connectivity index (χ1v) is 7.30. The van der Waals surface area contributed by atoms with Gasteiger partial charge in [0.25, 0.3) is 5.91 Å². The molecule has 1 fully saturated rings. The Morgan fingerprint density at radius 1 is 1.24 bits per heavy atom. The fourth-order valence-corrected chi connectivity index (χ4v) is 2.94. The first kappa shape index (κ1) is 15.5. The number of nitrogens with two attached hydrogens (primary N) is 1. The van der Waals surface area contributed by atoms with Crippen molar-refractivity contribution in [3.8, 4) is 11.5 Å². The zero-order valence-corrected chi connectivity index (χ0v) is 13.2. The molecule has 2 rings (SSSR count). The number of anilines is 1. The molecule has 21 heavy (non-hydrogen) atoms. The first-order valence-electron chi connectivity index (χ1n) is 7.30. The smallest absolute Gasteiger partial charge is 0.256 e. The number of amides is 1. The number of nitrogen functional groups attached to an aromatic ring is 1. The zero-order valence-electron chi connectivity index (χ0n) is 13.2. The third-order valence-electron chi connectivity index (χ3n) is 4.19. The van der Waals surface area contributed by atoms with E-state index in [1.165, 1.54) is 0 Å². The Labute approximate surface area is 126 Å². The van der Waals surface area contributed by atoms with Crippen LogP contribution >= 0.6 is 0 Å². The van der Waals surface area contributed by atoms with Crippen LogP contribution in [0.15, 0.2) is 12.1 Å². The van der Waals surface area contributed by atoms with Gasteiger partial charge in [0.05, 0.1) is 19.8 Å². The molecule has 1 aliphatic heterocycles. The van der Waals surface area contributed by atoms with Crippen LogP contribution in [0.4, 0.5) is 5.69 Å². The van der Waals surface area contributed by atoms with Crippen LogP contribution in [0.25, 0.3) is 0 Å². The molecule has 1 saturated heterocycles. The maximum Gasteiger partial charge on any atom is 0.256 e. The number of likely N-dealkylation sites (tertiary alicyclic amines) is 1. The number of benzene rings is 1. The Balaban J connectivity index is 2.30. The van der Waals surface area contributed by atoms with Crippen LogP contribution in [-0.2, 0) is 0 Å². The minimum atomic E-state index is -0.0344. The van der Waals surface area contributed by atoms with Gasteiger partial charge in [-0.3, -0.25) is 4.79 Å². The molecule has 0 saturated carbocycles. The number of piperidine rings is 1. The molecule has 2 atom stereocenters.